The molecule has 0 bridgehead atoms. The highest BCUT2D eigenvalue weighted by Gasteiger charge is 2.04. The van der Waals surface area contributed by atoms with E-state index in [4.69, 9.17) is 5.73 Å². The highest BCUT2D eigenvalue weighted by molar-refractivity contribution is 9.11. The lowest BCUT2D eigenvalue weighted by Gasteiger charge is -2.09. The molecule has 4 nitrogen and oxygen atoms in total. The van der Waals surface area contributed by atoms with Crippen LogP contribution < -0.4 is 11.1 Å². The van der Waals surface area contributed by atoms with E-state index >= 15 is 0 Å². The third kappa shape index (κ3) is 3.17. The van der Waals surface area contributed by atoms with Crippen LogP contribution in [0.2, 0.25) is 0 Å². The number of anilines is 3. The maximum atomic E-state index is 5.60. The molecule has 0 spiro atoms. The number of benzene rings is 1. The second-order valence-corrected chi connectivity index (χ2v) is 5.27. The summed E-state index contributed by atoms with van der Waals surface area (Å²) in [6.07, 6.45) is 0. The van der Waals surface area contributed by atoms with Gasteiger partial charge in [-0.3, -0.25) is 0 Å². The van der Waals surface area contributed by atoms with Crippen molar-refractivity contribution in [2.45, 2.75) is 6.92 Å². The van der Waals surface area contributed by atoms with E-state index in [-0.39, 0.29) is 5.95 Å². The standard InChI is InChI=1S/C11H10Br2N4/c1-6-4-10(17-11(14)15-6)16-9-5-7(12)2-3-8(9)13/h2-5H,1H3,(H3,14,15,16,17). The van der Waals surface area contributed by atoms with Gasteiger partial charge in [-0.15, -0.1) is 0 Å². The van der Waals surface area contributed by atoms with Gasteiger partial charge in [0.25, 0.3) is 0 Å². The van der Waals surface area contributed by atoms with Gasteiger partial charge in [-0.25, -0.2) is 4.98 Å². The zero-order valence-corrected chi connectivity index (χ0v) is 12.2. The molecule has 88 valence electrons. The number of halogens is 2. The fourth-order valence-corrected chi connectivity index (χ4v) is 2.09. The predicted octanol–water partition coefficient (Wildman–Crippen LogP) is 3.64. The number of hydrogen-bond donors (Lipinski definition) is 2. The Labute approximate surface area is 116 Å². The molecule has 6 heteroatoms. The van der Waals surface area contributed by atoms with Crippen molar-refractivity contribution in [2.24, 2.45) is 0 Å². The summed E-state index contributed by atoms with van der Waals surface area (Å²) < 4.78 is 1.94. The van der Waals surface area contributed by atoms with Gasteiger partial charge in [0.2, 0.25) is 5.95 Å². The highest BCUT2D eigenvalue weighted by Crippen LogP contribution is 2.28. The number of aryl methyl sites for hydroxylation is 1. The minimum atomic E-state index is 0.263. The molecule has 0 saturated carbocycles. The third-order valence-electron chi connectivity index (χ3n) is 2.06. The molecule has 0 aliphatic rings. The van der Waals surface area contributed by atoms with E-state index < -0.39 is 0 Å². The number of nitrogens with one attached hydrogen (secondary N) is 1. The van der Waals surface area contributed by atoms with Gasteiger partial charge in [0.05, 0.1) is 5.69 Å². The van der Waals surface area contributed by atoms with Crippen LogP contribution in [0.4, 0.5) is 17.5 Å². The van der Waals surface area contributed by atoms with Gasteiger partial charge in [-0.05, 0) is 41.1 Å². The zero-order valence-electron chi connectivity index (χ0n) is 9.04. The van der Waals surface area contributed by atoms with Crippen LogP contribution in [-0.4, -0.2) is 9.97 Å². The fourth-order valence-electron chi connectivity index (χ4n) is 1.39. The van der Waals surface area contributed by atoms with Crippen molar-refractivity contribution in [1.29, 1.82) is 0 Å². The van der Waals surface area contributed by atoms with E-state index in [0.717, 1.165) is 20.3 Å². The van der Waals surface area contributed by atoms with Crippen LogP contribution in [0.5, 0.6) is 0 Å². The maximum absolute atomic E-state index is 5.60. The van der Waals surface area contributed by atoms with Crippen LogP contribution in [0.3, 0.4) is 0 Å². The molecule has 0 radical (unpaired) electrons. The Bertz CT molecular complexity index is 537. The zero-order chi connectivity index (χ0) is 12.4. The van der Waals surface area contributed by atoms with E-state index in [2.05, 4.69) is 47.1 Å². The summed E-state index contributed by atoms with van der Waals surface area (Å²) in [6.45, 7) is 1.87. The number of hydrogen-bond acceptors (Lipinski definition) is 4. The Hall–Kier alpha value is -1.14. The predicted molar refractivity (Wildman–Crippen MR) is 76.3 cm³/mol. The molecule has 0 saturated heterocycles. The summed E-state index contributed by atoms with van der Waals surface area (Å²) in [7, 11) is 0. The Morgan fingerprint density at radius 2 is 1.94 bits per heavy atom. The van der Waals surface area contributed by atoms with Crippen molar-refractivity contribution in [3.63, 3.8) is 0 Å². The Kier molecular flexibility index (Phi) is 3.63. The van der Waals surface area contributed by atoms with Crippen molar-refractivity contribution in [3.05, 3.63) is 38.9 Å². The Morgan fingerprint density at radius 1 is 1.18 bits per heavy atom. The van der Waals surface area contributed by atoms with E-state index in [1.54, 1.807) is 0 Å². The summed E-state index contributed by atoms with van der Waals surface area (Å²) in [5.41, 5.74) is 7.34. The first kappa shape index (κ1) is 12.3. The van der Waals surface area contributed by atoms with Gasteiger partial charge in [0.15, 0.2) is 0 Å². The van der Waals surface area contributed by atoms with E-state index in [1.165, 1.54) is 0 Å². The smallest absolute Gasteiger partial charge is 0.222 e. The first-order valence-corrected chi connectivity index (χ1v) is 6.46. The number of aromatic nitrogens is 2. The minimum absolute atomic E-state index is 0.263. The molecule has 2 rings (SSSR count). The highest BCUT2D eigenvalue weighted by atomic mass is 79.9. The second kappa shape index (κ2) is 5.01. The van der Waals surface area contributed by atoms with E-state index in [9.17, 15) is 0 Å². The van der Waals surface area contributed by atoms with Crippen LogP contribution in [-0.2, 0) is 0 Å². The average molecular weight is 358 g/mol. The van der Waals surface area contributed by atoms with Crippen molar-refractivity contribution in [3.8, 4) is 0 Å². The summed E-state index contributed by atoms with van der Waals surface area (Å²) in [5.74, 6) is 0.937. The lowest BCUT2D eigenvalue weighted by molar-refractivity contribution is 1.12. The Morgan fingerprint density at radius 3 is 2.65 bits per heavy atom. The molecule has 2 aromatic rings. The molecule has 0 aliphatic carbocycles. The molecule has 1 aromatic heterocycles. The van der Waals surface area contributed by atoms with E-state index in [0.29, 0.717) is 5.82 Å². The van der Waals surface area contributed by atoms with Crippen LogP contribution in [0.25, 0.3) is 0 Å². The molecule has 0 atom stereocenters. The van der Waals surface area contributed by atoms with Crippen molar-refractivity contribution >= 4 is 49.3 Å². The number of rotatable bonds is 2. The molecule has 0 amide bonds. The Balaban J connectivity index is 2.34. The molecule has 1 heterocycles. The quantitative estimate of drug-likeness (QED) is 0.861. The minimum Gasteiger partial charge on any atom is -0.368 e. The first-order chi connectivity index (χ1) is 8.04. The normalized spacial score (nSPS) is 10.3. The van der Waals surface area contributed by atoms with Gasteiger partial charge >= 0.3 is 0 Å². The summed E-state index contributed by atoms with van der Waals surface area (Å²) in [6, 6.07) is 7.69. The summed E-state index contributed by atoms with van der Waals surface area (Å²) in [4.78, 5) is 8.14. The topological polar surface area (TPSA) is 63.8 Å². The van der Waals surface area contributed by atoms with Crippen LogP contribution in [0.15, 0.2) is 33.2 Å². The van der Waals surface area contributed by atoms with Crippen LogP contribution in [0.1, 0.15) is 5.69 Å². The van der Waals surface area contributed by atoms with Crippen LogP contribution >= 0.6 is 31.9 Å². The van der Waals surface area contributed by atoms with Gasteiger partial charge in [0, 0.05) is 20.7 Å². The van der Waals surface area contributed by atoms with Crippen LogP contribution in [0, 0.1) is 6.92 Å². The number of nitrogen functional groups attached to an aromatic ring is 1. The second-order valence-electron chi connectivity index (χ2n) is 3.50. The maximum Gasteiger partial charge on any atom is 0.222 e. The van der Waals surface area contributed by atoms with Gasteiger partial charge < -0.3 is 11.1 Å². The molecule has 3 N–H and O–H groups in total. The number of nitrogens with zero attached hydrogens (tertiary/aromatic N) is 2. The van der Waals surface area contributed by atoms with Gasteiger partial charge in [-0.2, -0.15) is 4.98 Å². The molecular formula is C11H10Br2N4. The summed E-state index contributed by atoms with van der Waals surface area (Å²) >= 11 is 6.89. The van der Waals surface area contributed by atoms with Gasteiger partial charge in [0.1, 0.15) is 5.82 Å². The van der Waals surface area contributed by atoms with Gasteiger partial charge in [-0.1, -0.05) is 15.9 Å². The third-order valence-corrected chi connectivity index (χ3v) is 3.25. The van der Waals surface area contributed by atoms with Crippen molar-refractivity contribution < 1.29 is 0 Å². The first-order valence-electron chi connectivity index (χ1n) is 4.88. The fraction of sp³-hybridized carbons (Fsp3) is 0.0909. The monoisotopic (exact) mass is 356 g/mol. The lowest BCUT2D eigenvalue weighted by atomic mass is 10.3. The molecule has 0 aliphatic heterocycles. The SMILES string of the molecule is Cc1cc(Nc2cc(Br)ccc2Br)nc(N)n1. The van der Waals surface area contributed by atoms with Crippen molar-refractivity contribution in [1.82, 2.24) is 9.97 Å². The molecule has 17 heavy (non-hydrogen) atoms. The van der Waals surface area contributed by atoms with Crippen molar-refractivity contribution in [2.75, 3.05) is 11.1 Å². The molecular weight excluding hydrogens is 348 g/mol. The summed E-state index contributed by atoms with van der Waals surface area (Å²) in [5, 5.41) is 3.19. The lowest BCUT2D eigenvalue weighted by Crippen LogP contribution is -2.01. The van der Waals surface area contributed by atoms with E-state index in [1.807, 2.05) is 31.2 Å². The molecule has 0 unspecified atom stereocenters. The molecule has 1 aromatic carbocycles. The number of nitrogens with two attached hydrogens (primary N) is 1. The average Bonchev–Trinajstić information content (AvgIpc) is 2.22. The largest absolute Gasteiger partial charge is 0.368 e. The molecule has 0 fully saturated rings.